The van der Waals surface area contributed by atoms with Gasteiger partial charge in [-0.2, -0.15) is 10.1 Å². The van der Waals surface area contributed by atoms with Crippen molar-refractivity contribution in [2.24, 2.45) is 0 Å². The van der Waals surface area contributed by atoms with Gasteiger partial charge in [-0.05, 0) is 24.6 Å². The number of hydrogen-bond acceptors (Lipinski definition) is 5. The van der Waals surface area contributed by atoms with Gasteiger partial charge < -0.3 is 10.6 Å². The van der Waals surface area contributed by atoms with Gasteiger partial charge in [-0.25, -0.2) is 4.39 Å². The molecule has 1 aromatic carbocycles. The zero-order chi connectivity index (χ0) is 14.4. The molecule has 2 aromatic rings. The van der Waals surface area contributed by atoms with Crippen LogP contribution in [0.3, 0.4) is 0 Å². The molecule has 0 radical (unpaired) electrons. The summed E-state index contributed by atoms with van der Waals surface area (Å²) in [7, 11) is 0. The molecule has 7 heteroatoms. The molecule has 1 heterocycles. The Balaban J connectivity index is 2.05. The fourth-order valence-electron chi connectivity index (χ4n) is 1.54. The molecule has 0 aliphatic heterocycles. The van der Waals surface area contributed by atoms with Crippen molar-refractivity contribution in [3.05, 3.63) is 35.2 Å². The highest BCUT2D eigenvalue weighted by Crippen LogP contribution is 2.21. The number of anilines is 3. The lowest BCUT2D eigenvalue weighted by Crippen LogP contribution is -2.07. The quantitative estimate of drug-likeness (QED) is 0.797. The first-order valence-electron chi connectivity index (χ1n) is 6.34. The van der Waals surface area contributed by atoms with E-state index in [1.807, 2.05) is 0 Å². The lowest BCUT2D eigenvalue weighted by molar-refractivity contribution is 0.628. The lowest BCUT2D eigenvalue weighted by atomic mass is 10.3. The van der Waals surface area contributed by atoms with Gasteiger partial charge in [0.1, 0.15) is 5.82 Å². The second-order valence-corrected chi connectivity index (χ2v) is 4.61. The van der Waals surface area contributed by atoms with E-state index in [4.69, 9.17) is 11.6 Å². The van der Waals surface area contributed by atoms with Gasteiger partial charge in [0.15, 0.2) is 5.82 Å². The number of benzene rings is 1. The molecule has 1 aromatic heterocycles. The minimum atomic E-state index is -0.458. The predicted molar refractivity (Wildman–Crippen MR) is 77.9 cm³/mol. The first kappa shape index (κ1) is 14.5. The van der Waals surface area contributed by atoms with Crippen molar-refractivity contribution < 1.29 is 4.39 Å². The number of hydrogen-bond donors (Lipinski definition) is 2. The van der Waals surface area contributed by atoms with Gasteiger partial charge in [0, 0.05) is 12.2 Å². The van der Waals surface area contributed by atoms with E-state index in [1.54, 1.807) is 6.07 Å². The van der Waals surface area contributed by atoms with Crippen LogP contribution in [0.25, 0.3) is 0 Å². The number of halogens is 2. The van der Waals surface area contributed by atoms with Crippen LogP contribution in [0.5, 0.6) is 0 Å². The average molecular weight is 296 g/mol. The Morgan fingerprint density at radius 3 is 2.95 bits per heavy atom. The summed E-state index contributed by atoms with van der Waals surface area (Å²) < 4.78 is 13.1. The highest BCUT2D eigenvalue weighted by molar-refractivity contribution is 6.31. The lowest BCUT2D eigenvalue weighted by Gasteiger charge is -2.07. The maximum Gasteiger partial charge on any atom is 0.244 e. The Morgan fingerprint density at radius 2 is 2.20 bits per heavy atom. The van der Waals surface area contributed by atoms with Crippen LogP contribution < -0.4 is 10.6 Å². The third-order valence-corrected chi connectivity index (χ3v) is 2.85. The van der Waals surface area contributed by atoms with E-state index in [2.05, 4.69) is 32.7 Å². The van der Waals surface area contributed by atoms with E-state index in [1.165, 1.54) is 18.3 Å². The third kappa shape index (κ3) is 4.03. The fourth-order valence-corrected chi connectivity index (χ4v) is 1.72. The van der Waals surface area contributed by atoms with Crippen LogP contribution in [0, 0.1) is 5.82 Å². The highest BCUT2D eigenvalue weighted by atomic mass is 35.5. The minimum Gasteiger partial charge on any atom is -0.353 e. The van der Waals surface area contributed by atoms with Crippen LogP contribution in [0.1, 0.15) is 19.8 Å². The molecule has 0 aliphatic rings. The molecular formula is C13H15ClFN5. The highest BCUT2D eigenvalue weighted by Gasteiger charge is 2.03. The molecular weight excluding hydrogens is 281 g/mol. The van der Waals surface area contributed by atoms with E-state index in [-0.39, 0.29) is 5.02 Å². The Hall–Kier alpha value is -1.95. The maximum atomic E-state index is 13.1. The zero-order valence-electron chi connectivity index (χ0n) is 11.0. The summed E-state index contributed by atoms with van der Waals surface area (Å²) in [4.78, 5) is 4.26. The van der Waals surface area contributed by atoms with Crippen molar-refractivity contribution in [1.82, 2.24) is 15.2 Å². The van der Waals surface area contributed by atoms with Crippen molar-refractivity contribution >= 4 is 29.1 Å². The summed E-state index contributed by atoms with van der Waals surface area (Å²) in [5.74, 6) is 0.512. The number of rotatable bonds is 6. The SMILES string of the molecule is CCCCNc1nncc(Nc2ccc(F)c(Cl)c2)n1. The van der Waals surface area contributed by atoms with Crippen LogP contribution in [-0.2, 0) is 0 Å². The largest absolute Gasteiger partial charge is 0.353 e. The molecule has 0 spiro atoms. The first-order valence-corrected chi connectivity index (χ1v) is 6.72. The number of aromatic nitrogens is 3. The Labute approximate surface area is 121 Å². The van der Waals surface area contributed by atoms with Crippen molar-refractivity contribution in [3.63, 3.8) is 0 Å². The van der Waals surface area contributed by atoms with Gasteiger partial charge in [0.2, 0.25) is 5.95 Å². The molecule has 0 unspecified atom stereocenters. The monoisotopic (exact) mass is 295 g/mol. The standard InChI is InChI=1S/C13H15ClFN5/c1-2-3-6-16-13-19-12(8-17-20-13)18-9-4-5-11(15)10(14)7-9/h4-5,7-8H,2-3,6H2,1H3,(H2,16,18,19,20). The molecule has 0 atom stereocenters. The van der Waals surface area contributed by atoms with E-state index in [0.29, 0.717) is 17.5 Å². The van der Waals surface area contributed by atoms with Gasteiger partial charge in [0.25, 0.3) is 0 Å². The third-order valence-electron chi connectivity index (χ3n) is 2.56. The van der Waals surface area contributed by atoms with Crippen molar-refractivity contribution in [2.45, 2.75) is 19.8 Å². The molecule has 0 saturated heterocycles. The number of nitrogens with zero attached hydrogens (tertiary/aromatic N) is 3. The van der Waals surface area contributed by atoms with Crippen LogP contribution in [0.15, 0.2) is 24.4 Å². The Kier molecular flexibility index (Phi) is 5.06. The molecule has 5 nitrogen and oxygen atoms in total. The summed E-state index contributed by atoms with van der Waals surface area (Å²) in [6.45, 7) is 2.90. The average Bonchev–Trinajstić information content (AvgIpc) is 2.44. The van der Waals surface area contributed by atoms with E-state index >= 15 is 0 Å². The molecule has 20 heavy (non-hydrogen) atoms. The molecule has 0 bridgehead atoms. The van der Waals surface area contributed by atoms with Crippen molar-refractivity contribution in [2.75, 3.05) is 17.2 Å². The number of unbranched alkanes of at least 4 members (excludes halogenated alkanes) is 1. The normalized spacial score (nSPS) is 10.3. The molecule has 0 aliphatic carbocycles. The summed E-state index contributed by atoms with van der Waals surface area (Å²) in [5, 5.41) is 13.9. The molecule has 2 N–H and O–H groups in total. The van der Waals surface area contributed by atoms with Gasteiger partial charge in [-0.1, -0.05) is 24.9 Å². The predicted octanol–water partition coefficient (Wildman–Crippen LogP) is 3.62. The van der Waals surface area contributed by atoms with Gasteiger partial charge in [0.05, 0.1) is 11.2 Å². The van der Waals surface area contributed by atoms with Crippen LogP contribution in [0.2, 0.25) is 5.02 Å². The summed E-state index contributed by atoms with van der Waals surface area (Å²) in [6.07, 6.45) is 3.61. The van der Waals surface area contributed by atoms with Gasteiger partial charge in [-0.15, -0.1) is 5.10 Å². The first-order chi connectivity index (χ1) is 9.69. The van der Waals surface area contributed by atoms with Crippen LogP contribution in [-0.4, -0.2) is 21.7 Å². The molecule has 2 rings (SSSR count). The van der Waals surface area contributed by atoms with E-state index in [9.17, 15) is 4.39 Å². The smallest absolute Gasteiger partial charge is 0.244 e. The van der Waals surface area contributed by atoms with Gasteiger partial charge >= 0.3 is 0 Å². The molecule has 106 valence electrons. The van der Waals surface area contributed by atoms with Crippen molar-refractivity contribution in [3.8, 4) is 0 Å². The van der Waals surface area contributed by atoms with Crippen molar-refractivity contribution in [1.29, 1.82) is 0 Å². The molecule has 0 saturated carbocycles. The topological polar surface area (TPSA) is 62.7 Å². The molecule has 0 amide bonds. The van der Waals surface area contributed by atoms with E-state index < -0.39 is 5.82 Å². The van der Waals surface area contributed by atoms with Crippen LogP contribution in [0.4, 0.5) is 21.8 Å². The second kappa shape index (κ2) is 7.00. The molecule has 0 fully saturated rings. The number of nitrogens with one attached hydrogen (secondary N) is 2. The summed E-state index contributed by atoms with van der Waals surface area (Å²) in [5.41, 5.74) is 0.636. The fraction of sp³-hybridized carbons (Fsp3) is 0.308. The Morgan fingerprint density at radius 1 is 1.35 bits per heavy atom. The maximum absolute atomic E-state index is 13.1. The minimum absolute atomic E-state index is 0.0540. The Bertz CT molecular complexity index is 578. The van der Waals surface area contributed by atoms with E-state index in [0.717, 1.165) is 19.4 Å². The second-order valence-electron chi connectivity index (χ2n) is 4.20. The summed E-state index contributed by atoms with van der Waals surface area (Å²) in [6, 6.07) is 4.36. The van der Waals surface area contributed by atoms with Gasteiger partial charge in [-0.3, -0.25) is 0 Å². The zero-order valence-corrected chi connectivity index (χ0v) is 11.8. The summed E-state index contributed by atoms with van der Waals surface area (Å²) >= 11 is 5.72. The van der Waals surface area contributed by atoms with Crippen LogP contribution >= 0.6 is 11.6 Å².